The molecule has 0 atom stereocenters. The van der Waals surface area contributed by atoms with Crippen molar-refractivity contribution in [2.24, 2.45) is 0 Å². The third-order valence-corrected chi connectivity index (χ3v) is 7.02. The molecule has 34 heavy (non-hydrogen) atoms. The maximum atomic E-state index is 13.3. The number of nitrogens with one attached hydrogen (secondary N) is 1. The maximum absolute atomic E-state index is 13.3. The Morgan fingerprint density at radius 1 is 1.15 bits per heavy atom. The van der Waals surface area contributed by atoms with Crippen LogP contribution in [0.3, 0.4) is 0 Å². The molecule has 1 aromatic carbocycles. The highest BCUT2D eigenvalue weighted by Gasteiger charge is 2.30. The molecule has 0 unspecified atom stereocenters. The van der Waals surface area contributed by atoms with E-state index in [9.17, 15) is 9.59 Å². The zero-order valence-corrected chi connectivity index (χ0v) is 19.5. The van der Waals surface area contributed by atoms with Crippen LogP contribution in [0.5, 0.6) is 0 Å². The highest BCUT2D eigenvalue weighted by atomic mass is 32.1. The van der Waals surface area contributed by atoms with Crippen LogP contribution in [-0.2, 0) is 6.54 Å². The molecule has 0 saturated carbocycles. The van der Waals surface area contributed by atoms with Gasteiger partial charge in [-0.05, 0) is 31.9 Å². The Morgan fingerprint density at radius 2 is 1.94 bits per heavy atom. The number of piperidine rings is 1. The molecule has 1 N–H and O–H groups in total. The monoisotopic (exact) mass is 476 g/mol. The van der Waals surface area contributed by atoms with Gasteiger partial charge < -0.3 is 19.2 Å². The van der Waals surface area contributed by atoms with Gasteiger partial charge in [0, 0.05) is 30.0 Å². The lowest BCUT2D eigenvalue weighted by Gasteiger charge is -2.31. The van der Waals surface area contributed by atoms with Gasteiger partial charge in [-0.2, -0.15) is 0 Å². The smallest absolute Gasteiger partial charge is 0.271 e. The van der Waals surface area contributed by atoms with Gasteiger partial charge in [-0.25, -0.2) is 4.98 Å². The van der Waals surface area contributed by atoms with Gasteiger partial charge >= 0.3 is 0 Å². The molecule has 9 heteroatoms. The normalized spacial score (nSPS) is 14.3. The molecule has 8 nitrogen and oxygen atoms in total. The van der Waals surface area contributed by atoms with Crippen LogP contribution in [0.1, 0.15) is 56.1 Å². The Kier molecular flexibility index (Phi) is 6.27. The Hall–Kier alpha value is -3.72. The lowest BCUT2D eigenvalue weighted by Crippen LogP contribution is -2.38. The number of hydrogen-bond donors (Lipinski definition) is 1. The maximum Gasteiger partial charge on any atom is 0.271 e. The molecule has 2 amide bonds. The molecule has 174 valence electrons. The third-order valence-electron chi connectivity index (χ3n) is 6.01. The SMILES string of the molecule is Cc1onc(-c2ccccc2)c1C(=O)N1CCC(c2nc(C(=O)NCc3ccco3)cs2)CC1. The molecule has 4 heterocycles. The Labute approximate surface area is 200 Å². The van der Waals surface area contributed by atoms with Gasteiger partial charge in [0.2, 0.25) is 0 Å². The van der Waals surface area contributed by atoms with Crippen molar-refractivity contribution >= 4 is 23.2 Å². The Morgan fingerprint density at radius 3 is 2.68 bits per heavy atom. The van der Waals surface area contributed by atoms with E-state index in [-0.39, 0.29) is 17.7 Å². The second-order valence-electron chi connectivity index (χ2n) is 8.23. The Bertz CT molecular complexity index is 1270. The van der Waals surface area contributed by atoms with Gasteiger partial charge in [-0.15, -0.1) is 11.3 Å². The zero-order chi connectivity index (χ0) is 23.5. The van der Waals surface area contributed by atoms with E-state index in [0.717, 1.165) is 23.4 Å². The molecule has 0 aliphatic carbocycles. The first-order valence-electron chi connectivity index (χ1n) is 11.2. The molecule has 0 radical (unpaired) electrons. The number of thiazole rings is 1. The molecular formula is C25H24N4O4S. The summed E-state index contributed by atoms with van der Waals surface area (Å²) in [5, 5.41) is 9.68. The quantitative estimate of drug-likeness (QED) is 0.435. The number of carbonyl (C=O) groups is 2. The molecule has 4 aromatic rings. The highest BCUT2D eigenvalue weighted by molar-refractivity contribution is 7.09. The minimum Gasteiger partial charge on any atom is -0.467 e. The van der Waals surface area contributed by atoms with Crippen molar-refractivity contribution in [2.75, 3.05) is 13.1 Å². The molecule has 0 bridgehead atoms. The number of hydrogen-bond acceptors (Lipinski definition) is 7. The first-order chi connectivity index (χ1) is 16.6. The number of nitrogens with zero attached hydrogens (tertiary/aromatic N) is 3. The van der Waals surface area contributed by atoms with Crippen LogP contribution in [0.2, 0.25) is 0 Å². The molecule has 0 spiro atoms. The molecule has 3 aromatic heterocycles. The summed E-state index contributed by atoms with van der Waals surface area (Å²) in [6.07, 6.45) is 3.15. The molecule has 5 rings (SSSR count). The average molecular weight is 477 g/mol. The fourth-order valence-corrected chi connectivity index (χ4v) is 5.13. The van der Waals surface area contributed by atoms with E-state index in [2.05, 4.69) is 15.5 Å². The summed E-state index contributed by atoms with van der Waals surface area (Å²) in [5.41, 5.74) is 2.38. The summed E-state index contributed by atoms with van der Waals surface area (Å²) >= 11 is 1.49. The van der Waals surface area contributed by atoms with E-state index in [1.807, 2.05) is 41.3 Å². The van der Waals surface area contributed by atoms with Gasteiger partial charge in [0.15, 0.2) is 0 Å². The zero-order valence-electron chi connectivity index (χ0n) is 18.7. The molecule has 1 saturated heterocycles. The number of benzene rings is 1. The molecule has 1 aliphatic heterocycles. The van der Waals surface area contributed by atoms with E-state index < -0.39 is 0 Å². The lowest BCUT2D eigenvalue weighted by atomic mass is 9.96. The number of amides is 2. The van der Waals surface area contributed by atoms with Crippen molar-refractivity contribution < 1.29 is 18.5 Å². The topological polar surface area (TPSA) is 101 Å². The number of aryl methyl sites for hydroxylation is 1. The highest BCUT2D eigenvalue weighted by Crippen LogP contribution is 2.32. The van der Waals surface area contributed by atoms with E-state index in [0.29, 0.717) is 48.1 Å². The standard InChI is InChI=1S/C25H24N4O4S/c1-16-21(22(28-33-16)17-6-3-2-4-7-17)25(31)29-11-9-18(10-12-29)24-27-20(15-34-24)23(30)26-14-19-8-5-13-32-19/h2-8,13,15,18H,9-12,14H2,1H3,(H,26,30). The van der Waals surface area contributed by atoms with Crippen molar-refractivity contribution in [3.63, 3.8) is 0 Å². The summed E-state index contributed by atoms with van der Waals surface area (Å²) in [4.78, 5) is 32.2. The van der Waals surface area contributed by atoms with Crippen molar-refractivity contribution in [3.05, 3.63) is 81.9 Å². The second-order valence-corrected chi connectivity index (χ2v) is 9.12. The fourth-order valence-electron chi connectivity index (χ4n) is 4.16. The largest absolute Gasteiger partial charge is 0.467 e. The predicted molar refractivity (Wildman–Crippen MR) is 127 cm³/mol. The van der Waals surface area contributed by atoms with Crippen LogP contribution in [-0.4, -0.2) is 39.9 Å². The second kappa shape index (κ2) is 9.64. The van der Waals surface area contributed by atoms with Crippen LogP contribution in [0.4, 0.5) is 0 Å². The van der Waals surface area contributed by atoms with Crippen molar-refractivity contribution in [1.82, 2.24) is 20.4 Å². The number of carbonyl (C=O) groups excluding carboxylic acids is 2. The average Bonchev–Trinajstić information content (AvgIpc) is 3.64. The van der Waals surface area contributed by atoms with Gasteiger partial charge in [0.1, 0.15) is 28.5 Å². The number of likely N-dealkylation sites (tertiary alicyclic amines) is 1. The van der Waals surface area contributed by atoms with E-state index in [1.54, 1.807) is 24.6 Å². The van der Waals surface area contributed by atoms with Crippen LogP contribution in [0.15, 0.2) is 63.0 Å². The first kappa shape index (κ1) is 22.1. The number of rotatable bonds is 6. The van der Waals surface area contributed by atoms with Crippen molar-refractivity contribution in [3.8, 4) is 11.3 Å². The van der Waals surface area contributed by atoms with E-state index in [4.69, 9.17) is 8.94 Å². The lowest BCUT2D eigenvalue weighted by molar-refractivity contribution is 0.0711. The van der Waals surface area contributed by atoms with Gasteiger partial charge in [0.05, 0.1) is 17.8 Å². The number of aromatic nitrogens is 2. The molecule has 1 fully saturated rings. The van der Waals surface area contributed by atoms with E-state index >= 15 is 0 Å². The first-order valence-corrected chi connectivity index (χ1v) is 12.0. The molecular weight excluding hydrogens is 452 g/mol. The van der Waals surface area contributed by atoms with Crippen molar-refractivity contribution in [1.29, 1.82) is 0 Å². The van der Waals surface area contributed by atoms with Crippen LogP contribution >= 0.6 is 11.3 Å². The Balaban J connectivity index is 1.21. The summed E-state index contributed by atoms with van der Waals surface area (Å²) in [6, 6.07) is 13.2. The summed E-state index contributed by atoms with van der Waals surface area (Å²) in [6.45, 7) is 3.32. The van der Waals surface area contributed by atoms with Crippen LogP contribution in [0.25, 0.3) is 11.3 Å². The third kappa shape index (κ3) is 4.51. The number of furan rings is 1. The van der Waals surface area contributed by atoms with Crippen LogP contribution < -0.4 is 5.32 Å². The molecule has 1 aliphatic rings. The predicted octanol–water partition coefficient (Wildman–Crippen LogP) is 4.65. The summed E-state index contributed by atoms with van der Waals surface area (Å²) in [5.74, 6) is 1.16. The van der Waals surface area contributed by atoms with Crippen molar-refractivity contribution in [2.45, 2.75) is 32.2 Å². The van der Waals surface area contributed by atoms with Gasteiger partial charge in [0.25, 0.3) is 11.8 Å². The van der Waals surface area contributed by atoms with E-state index in [1.165, 1.54) is 11.3 Å². The fraction of sp³-hybridized carbons (Fsp3) is 0.280. The summed E-state index contributed by atoms with van der Waals surface area (Å²) < 4.78 is 10.6. The van der Waals surface area contributed by atoms with Crippen LogP contribution in [0, 0.1) is 6.92 Å². The summed E-state index contributed by atoms with van der Waals surface area (Å²) in [7, 11) is 0. The minimum absolute atomic E-state index is 0.0619. The minimum atomic E-state index is -0.220. The van der Waals surface area contributed by atoms with Gasteiger partial charge in [-0.3, -0.25) is 9.59 Å². The van der Waals surface area contributed by atoms with Gasteiger partial charge in [-0.1, -0.05) is 35.5 Å².